The largest absolute Gasteiger partial charge is 0.427 e. The van der Waals surface area contributed by atoms with Crippen molar-refractivity contribution < 1.29 is 31.4 Å². The van der Waals surface area contributed by atoms with Gasteiger partial charge in [-0.25, -0.2) is 13.4 Å². The van der Waals surface area contributed by atoms with Crippen molar-refractivity contribution in [2.45, 2.75) is 19.2 Å². The number of nitrogens with zero attached hydrogens (tertiary/aromatic N) is 3. The molecule has 1 fully saturated rings. The molecule has 0 spiro atoms. The molecule has 25 heavy (non-hydrogen) atoms. The normalized spacial score (nSPS) is 18.5. The Bertz CT molecular complexity index is 656. The number of piperazine rings is 1. The fourth-order valence-electron chi connectivity index (χ4n) is 2.25. The van der Waals surface area contributed by atoms with Gasteiger partial charge in [0.2, 0.25) is 10.0 Å². The lowest BCUT2D eigenvalue weighted by Gasteiger charge is -2.33. The minimum atomic E-state index is -4.42. The molecule has 1 saturated heterocycles. The van der Waals surface area contributed by atoms with E-state index in [2.05, 4.69) is 4.98 Å². The zero-order valence-electron chi connectivity index (χ0n) is 13.6. The fourth-order valence-corrected chi connectivity index (χ4v) is 4.39. The molecule has 0 bridgehead atoms. The highest BCUT2D eigenvalue weighted by Crippen LogP contribution is 2.36. The second kappa shape index (κ2) is 8.16. The summed E-state index contributed by atoms with van der Waals surface area (Å²) < 4.78 is 68.7. The highest BCUT2D eigenvalue weighted by molar-refractivity contribution is 7.89. The van der Waals surface area contributed by atoms with Crippen LogP contribution in [0.15, 0.2) is 6.20 Å². The van der Waals surface area contributed by atoms with Gasteiger partial charge in [-0.1, -0.05) is 11.3 Å². The fraction of sp³-hybridized carbons (Fsp3) is 0.769. The van der Waals surface area contributed by atoms with Crippen molar-refractivity contribution in [2.75, 3.05) is 50.0 Å². The zero-order chi connectivity index (χ0) is 18.7. The Morgan fingerprint density at radius 2 is 2.00 bits per heavy atom. The van der Waals surface area contributed by atoms with Gasteiger partial charge in [0.15, 0.2) is 5.13 Å². The molecule has 12 heteroatoms. The third-order valence-electron chi connectivity index (χ3n) is 3.52. The maximum atomic E-state index is 12.6. The van der Waals surface area contributed by atoms with Crippen molar-refractivity contribution in [1.82, 2.24) is 9.29 Å². The zero-order valence-corrected chi connectivity index (χ0v) is 15.2. The Balaban J connectivity index is 1.85. The van der Waals surface area contributed by atoms with Gasteiger partial charge in [0, 0.05) is 26.2 Å². The molecule has 0 saturated carbocycles. The van der Waals surface area contributed by atoms with E-state index in [9.17, 15) is 21.6 Å². The molecule has 1 atom stereocenters. The first-order chi connectivity index (χ1) is 11.6. The van der Waals surface area contributed by atoms with Crippen molar-refractivity contribution in [3.8, 4) is 0 Å². The van der Waals surface area contributed by atoms with Crippen LogP contribution in [-0.2, 0) is 20.9 Å². The summed E-state index contributed by atoms with van der Waals surface area (Å²) in [4.78, 5) is 4.66. The molecule has 2 heterocycles. The van der Waals surface area contributed by atoms with E-state index in [1.54, 1.807) is 4.90 Å². The van der Waals surface area contributed by atoms with Gasteiger partial charge in [-0.2, -0.15) is 17.5 Å². The smallest absolute Gasteiger partial charge is 0.391 e. The predicted octanol–water partition coefficient (Wildman–Crippen LogP) is 1.01. The average molecular weight is 403 g/mol. The molecule has 2 rings (SSSR count). The minimum Gasteiger partial charge on any atom is -0.391 e. The Hall–Kier alpha value is -0.950. The van der Waals surface area contributed by atoms with Gasteiger partial charge in [-0.15, -0.1) is 0 Å². The summed E-state index contributed by atoms with van der Waals surface area (Å²) in [6.45, 7) is 2.50. The van der Waals surface area contributed by atoms with Gasteiger partial charge in [-0.3, -0.25) is 0 Å². The number of hydrogen-bond donors (Lipinski definition) is 1. The standard InChI is InChI=1S/C13H20F3N3O4S2/c1-10(20)9-23-6-7-25(21,22)19-4-2-18(3-5-19)12-17-8-11(24-12)13(14,15)16/h8,10,20H,2-7,9H2,1H3/t10-/m0/s1. The maximum absolute atomic E-state index is 12.6. The number of hydrogen-bond acceptors (Lipinski definition) is 7. The summed E-state index contributed by atoms with van der Waals surface area (Å²) in [7, 11) is -3.50. The lowest BCUT2D eigenvalue weighted by Crippen LogP contribution is -2.49. The van der Waals surface area contributed by atoms with Gasteiger partial charge in [-0.05, 0) is 6.92 Å². The summed E-state index contributed by atoms with van der Waals surface area (Å²) >= 11 is 0.553. The number of aliphatic hydroxyl groups excluding tert-OH is 1. The number of aliphatic hydroxyl groups is 1. The predicted molar refractivity (Wildman–Crippen MR) is 87.2 cm³/mol. The Kier molecular flexibility index (Phi) is 6.65. The Morgan fingerprint density at radius 3 is 2.52 bits per heavy atom. The van der Waals surface area contributed by atoms with Crippen LogP contribution in [0.25, 0.3) is 0 Å². The second-order valence-corrected chi connectivity index (χ2v) is 8.73. The molecule has 1 aromatic rings. The first-order valence-electron chi connectivity index (χ1n) is 7.61. The van der Waals surface area contributed by atoms with E-state index < -0.39 is 27.2 Å². The summed E-state index contributed by atoms with van der Waals surface area (Å²) in [5.74, 6) is -0.199. The molecule has 0 amide bonds. The van der Waals surface area contributed by atoms with Crippen LogP contribution in [0.4, 0.5) is 18.3 Å². The molecule has 1 N–H and O–H groups in total. The summed E-state index contributed by atoms with van der Waals surface area (Å²) in [6, 6.07) is 0. The first-order valence-corrected chi connectivity index (χ1v) is 10.0. The van der Waals surface area contributed by atoms with Crippen molar-refractivity contribution in [3.63, 3.8) is 0 Å². The molecule has 1 aromatic heterocycles. The minimum absolute atomic E-state index is 0.0190. The third-order valence-corrected chi connectivity index (χ3v) is 6.46. The molecule has 1 aliphatic heterocycles. The SMILES string of the molecule is C[C@H](O)COCCS(=O)(=O)N1CCN(c2ncc(C(F)(F)F)s2)CC1. The Labute approximate surface area is 148 Å². The number of halogens is 3. The number of aromatic nitrogens is 1. The van der Waals surface area contributed by atoms with Gasteiger partial charge in [0.25, 0.3) is 0 Å². The number of thiazole rings is 1. The number of ether oxygens (including phenoxy) is 1. The number of anilines is 1. The quantitative estimate of drug-likeness (QED) is 0.685. The van der Waals surface area contributed by atoms with Crippen LogP contribution < -0.4 is 4.90 Å². The van der Waals surface area contributed by atoms with E-state index in [1.807, 2.05) is 0 Å². The summed E-state index contributed by atoms with van der Waals surface area (Å²) in [6.07, 6.45) is -4.29. The lowest BCUT2D eigenvalue weighted by molar-refractivity contribution is -0.134. The molecular formula is C13H20F3N3O4S2. The number of sulfonamides is 1. The van der Waals surface area contributed by atoms with Crippen LogP contribution in [0.1, 0.15) is 11.8 Å². The van der Waals surface area contributed by atoms with Crippen molar-refractivity contribution in [1.29, 1.82) is 0 Å². The van der Waals surface area contributed by atoms with Crippen molar-refractivity contribution in [2.24, 2.45) is 0 Å². The molecule has 1 aliphatic rings. The van der Waals surface area contributed by atoms with Crippen molar-refractivity contribution in [3.05, 3.63) is 11.1 Å². The lowest BCUT2D eigenvalue weighted by atomic mass is 10.4. The number of rotatable bonds is 7. The maximum Gasteiger partial charge on any atom is 0.427 e. The molecule has 0 radical (unpaired) electrons. The molecule has 0 unspecified atom stereocenters. The summed E-state index contributed by atoms with van der Waals surface area (Å²) in [5, 5.41) is 9.29. The van der Waals surface area contributed by atoms with E-state index in [4.69, 9.17) is 9.84 Å². The van der Waals surface area contributed by atoms with Gasteiger partial charge >= 0.3 is 6.18 Å². The van der Waals surface area contributed by atoms with Crippen LogP contribution in [0.5, 0.6) is 0 Å². The van der Waals surface area contributed by atoms with E-state index >= 15 is 0 Å². The average Bonchev–Trinajstić information content (AvgIpc) is 3.02. The van der Waals surface area contributed by atoms with Gasteiger partial charge < -0.3 is 14.7 Å². The summed E-state index contributed by atoms with van der Waals surface area (Å²) in [5.41, 5.74) is 0. The van der Waals surface area contributed by atoms with E-state index in [0.717, 1.165) is 6.20 Å². The van der Waals surface area contributed by atoms with E-state index in [-0.39, 0.29) is 50.3 Å². The molecular weight excluding hydrogens is 383 g/mol. The topological polar surface area (TPSA) is 83.0 Å². The van der Waals surface area contributed by atoms with E-state index in [0.29, 0.717) is 11.3 Å². The molecule has 0 aliphatic carbocycles. The third kappa shape index (κ3) is 5.78. The van der Waals surface area contributed by atoms with Crippen LogP contribution in [0, 0.1) is 0 Å². The highest BCUT2D eigenvalue weighted by Gasteiger charge is 2.35. The highest BCUT2D eigenvalue weighted by atomic mass is 32.2. The van der Waals surface area contributed by atoms with Gasteiger partial charge in [0.1, 0.15) is 4.88 Å². The van der Waals surface area contributed by atoms with Crippen LogP contribution in [0.3, 0.4) is 0 Å². The number of alkyl halides is 3. The van der Waals surface area contributed by atoms with Gasteiger partial charge in [0.05, 0.1) is 31.3 Å². The van der Waals surface area contributed by atoms with Crippen molar-refractivity contribution >= 4 is 26.5 Å². The van der Waals surface area contributed by atoms with Crippen LogP contribution in [0.2, 0.25) is 0 Å². The first kappa shape index (κ1) is 20.4. The molecule has 144 valence electrons. The Morgan fingerprint density at radius 1 is 1.36 bits per heavy atom. The van der Waals surface area contributed by atoms with Crippen LogP contribution in [-0.4, -0.2) is 74.1 Å². The molecule has 7 nitrogen and oxygen atoms in total. The molecule has 0 aromatic carbocycles. The van der Waals surface area contributed by atoms with E-state index in [1.165, 1.54) is 11.2 Å². The van der Waals surface area contributed by atoms with Crippen LogP contribution >= 0.6 is 11.3 Å². The monoisotopic (exact) mass is 403 g/mol. The second-order valence-electron chi connectivity index (χ2n) is 5.63.